The van der Waals surface area contributed by atoms with Crippen molar-refractivity contribution in [2.75, 3.05) is 18.7 Å². The van der Waals surface area contributed by atoms with E-state index in [0.717, 1.165) is 27.9 Å². The molecule has 0 radical (unpaired) electrons. The van der Waals surface area contributed by atoms with E-state index in [1.807, 2.05) is 48.7 Å². The van der Waals surface area contributed by atoms with Gasteiger partial charge in [-0.3, -0.25) is 10.1 Å². The Kier molecular flexibility index (Phi) is 5.22. The second-order valence-electron chi connectivity index (χ2n) is 4.90. The minimum atomic E-state index is 0.486. The Morgan fingerprint density at radius 2 is 2.21 bits per heavy atom. The third kappa shape index (κ3) is 3.80. The minimum absolute atomic E-state index is 0.486. The second-order valence-corrected chi connectivity index (χ2v) is 5.69. The molecule has 0 aliphatic carbocycles. The highest BCUT2D eigenvalue weighted by Gasteiger charge is 2.09. The van der Waals surface area contributed by atoms with Crippen LogP contribution in [0.1, 0.15) is 5.76 Å². The van der Waals surface area contributed by atoms with E-state index < -0.39 is 0 Å². The van der Waals surface area contributed by atoms with Gasteiger partial charge in [0.1, 0.15) is 11.5 Å². The molecule has 0 fully saturated rings. The number of para-hydroxylation sites is 1. The number of hydrogen-bond acceptors (Lipinski definition) is 5. The molecule has 0 aliphatic heterocycles. The maximum absolute atomic E-state index is 5.38. The molecule has 0 saturated heterocycles. The van der Waals surface area contributed by atoms with Crippen molar-refractivity contribution in [3.05, 3.63) is 54.5 Å². The van der Waals surface area contributed by atoms with Crippen LogP contribution in [0.5, 0.6) is 5.75 Å². The van der Waals surface area contributed by atoms with Gasteiger partial charge in [-0.15, -0.1) is 0 Å². The Labute approximate surface area is 144 Å². The van der Waals surface area contributed by atoms with Gasteiger partial charge in [-0.05, 0) is 30.5 Å². The summed E-state index contributed by atoms with van der Waals surface area (Å²) in [5.74, 6) is 2.31. The Hall–Kier alpha value is -2.67. The maximum atomic E-state index is 5.38. The zero-order chi connectivity index (χ0) is 16.8. The zero-order valence-corrected chi connectivity index (χ0v) is 14.3. The number of benzene rings is 1. The molecule has 1 aromatic carbocycles. The quantitative estimate of drug-likeness (QED) is 0.541. The molecule has 0 spiro atoms. The van der Waals surface area contributed by atoms with Crippen molar-refractivity contribution in [2.45, 2.75) is 6.54 Å². The molecule has 0 atom stereocenters. The summed E-state index contributed by atoms with van der Waals surface area (Å²) in [5.41, 5.74) is 1.83. The van der Waals surface area contributed by atoms with Crippen molar-refractivity contribution in [3.8, 4) is 17.0 Å². The van der Waals surface area contributed by atoms with Crippen molar-refractivity contribution in [1.82, 2.24) is 10.2 Å². The van der Waals surface area contributed by atoms with Gasteiger partial charge >= 0.3 is 0 Å². The van der Waals surface area contributed by atoms with E-state index in [4.69, 9.17) is 9.15 Å². The predicted molar refractivity (Wildman–Crippen MR) is 97.6 cm³/mol. The lowest BCUT2D eigenvalue weighted by molar-refractivity contribution is 0.416. The highest BCUT2D eigenvalue weighted by Crippen LogP contribution is 2.29. The van der Waals surface area contributed by atoms with Crippen molar-refractivity contribution < 1.29 is 9.15 Å². The van der Waals surface area contributed by atoms with E-state index in [-0.39, 0.29) is 0 Å². The fourth-order valence-corrected chi connectivity index (χ4v) is 2.61. The van der Waals surface area contributed by atoms with E-state index in [1.54, 1.807) is 13.4 Å². The number of H-pyrrole nitrogens is 1. The number of aromatic nitrogens is 2. The minimum Gasteiger partial charge on any atom is -0.496 e. The molecule has 7 heteroatoms. The van der Waals surface area contributed by atoms with Gasteiger partial charge < -0.3 is 14.5 Å². The summed E-state index contributed by atoms with van der Waals surface area (Å²) in [6, 6.07) is 13.5. The first-order valence-corrected chi connectivity index (χ1v) is 8.59. The molecule has 124 valence electrons. The van der Waals surface area contributed by atoms with E-state index in [2.05, 4.69) is 20.5 Å². The van der Waals surface area contributed by atoms with Gasteiger partial charge in [0.05, 0.1) is 25.6 Å². The summed E-state index contributed by atoms with van der Waals surface area (Å²) in [4.78, 5) is 4.49. The topological polar surface area (TPSA) is 75.4 Å². The first-order chi connectivity index (χ1) is 11.8. The number of amidine groups is 1. The molecule has 0 aliphatic rings. The fourth-order valence-electron chi connectivity index (χ4n) is 2.21. The molecule has 0 saturated carbocycles. The van der Waals surface area contributed by atoms with Gasteiger partial charge in [0, 0.05) is 11.6 Å². The number of aliphatic imine (C=N–C) groups is 1. The number of anilines is 1. The first-order valence-electron chi connectivity index (χ1n) is 7.37. The summed E-state index contributed by atoms with van der Waals surface area (Å²) in [6.45, 7) is 0.486. The van der Waals surface area contributed by atoms with Crippen LogP contribution in [0.25, 0.3) is 11.3 Å². The monoisotopic (exact) mass is 342 g/mol. The van der Waals surface area contributed by atoms with Crippen LogP contribution in [-0.2, 0) is 6.54 Å². The summed E-state index contributed by atoms with van der Waals surface area (Å²) in [6.07, 6.45) is 3.60. The highest BCUT2D eigenvalue weighted by molar-refractivity contribution is 8.13. The molecule has 0 unspecified atom stereocenters. The van der Waals surface area contributed by atoms with Gasteiger partial charge in [-0.25, -0.2) is 0 Å². The molecule has 2 heterocycles. The Balaban J connectivity index is 1.74. The number of hydrogen-bond donors (Lipinski definition) is 2. The molecule has 0 amide bonds. The number of aromatic amines is 1. The van der Waals surface area contributed by atoms with Gasteiger partial charge in [0.15, 0.2) is 11.0 Å². The average Bonchev–Trinajstić information content (AvgIpc) is 3.30. The van der Waals surface area contributed by atoms with E-state index >= 15 is 0 Å². The lowest BCUT2D eigenvalue weighted by atomic mass is 10.1. The van der Waals surface area contributed by atoms with Crippen molar-refractivity contribution in [2.24, 2.45) is 4.99 Å². The molecule has 6 nitrogen and oxygen atoms in total. The van der Waals surface area contributed by atoms with E-state index in [9.17, 15) is 0 Å². The predicted octanol–water partition coefficient (Wildman–Crippen LogP) is 4.01. The van der Waals surface area contributed by atoms with Gasteiger partial charge in [-0.2, -0.15) is 5.10 Å². The molecule has 0 bridgehead atoms. The van der Waals surface area contributed by atoms with Gasteiger partial charge in [0.25, 0.3) is 0 Å². The lowest BCUT2D eigenvalue weighted by Crippen LogP contribution is -2.07. The van der Waals surface area contributed by atoms with Gasteiger partial charge in [-0.1, -0.05) is 23.9 Å². The van der Waals surface area contributed by atoms with Crippen molar-refractivity contribution in [1.29, 1.82) is 0 Å². The normalized spacial score (nSPS) is 11.5. The summed E-state index contributed by atoms with van der Waals surface area (Å²) in [5, 5.41) is 11.3. The van der Waals surface area contributed by atoms with Crippen LogP contribution in [0.3, 0.4) is 0 Å². The standard InChI is InChI=1S/C17H18N4O2S/c1-22-15-8-4-3-7-13(15)14-10-16(21-20-14)19-17(24-2)18-11-12-6-5-9-23-12/h3-10H,11H2,1-2H3,(H2,18,19,20,21). The number of nitrogens with one attached hydrogen (secondary N) is 2. The third-order valence-electron chi connectivity index (χ3n) is 3.36. The Morgan fingerprint density at radius 1 is 1.33 bits per heavy atom. The molecule has 3 aromatic rings. The highest BCUT2D eigenvalue weighted by atomic mass is 32.2. The van der Waals surface area contributed by atoms with E-state index in [1.165, 1.54) is 11.8 Å². The van der Waals surface area contributed by atoms with Crippen molar-refractivity contribution >= 4 is 22.7 Å². The molecular weight excluding hydrogens is 324 g/mol. The van der Waals surface area contributed by atoms with Crippen LogP contribution in [0.2, 0.25) is 0 Å². The van der Waals surface area contributed by atoms with Crippen LogP contribution >= 0.6 is 11.8 Å². The maximum Gasteiger partial charge on any atom is 0.162 e. The van der Waals surface area contributed by atoms with Crippen LogP contribution < -0.4 is 10.1 Å². The number of rotatable bonds is 5. The molecule has 2 N–H and O–H groups in total. The number of ether oxygens (including phenoxy) is 1. The Morgan fingerprint density at radius 3 is 2.96 bits per heavy atom. The molecule has 3 rings (SSSR count). The van der Waals surface area contributed by atoms with Crippen molar-refractivity contribution in [3.63, 3.8) is 0 Å². The number of thioether (sulfide) groups is 1. The summed E-state index contributed by atoms with van der Waals surface area (Å²) >= 11 is 1.52. The second kappa shape index (κ2) is 7.74. The Bertz CT molecular complexity index is 812. The molecular formula is C17H18N4O2S. The average molecular weight is 342 g/mol. The smallest absolute Gasteiger partial charge is 0.162 e. The summed E-state index contributed by atoms with van der Waals surface area (Å²) in [7, 11) is 1.65. The zero-order valence-electron chi connectivity index (χ0n) is 13.4. The first kappa shape index (κ1) is 16.2. The number of nitrogens with zero attached hydrogens (tertiary/aromatic N) is 2. The molecule has 24 heavy (non-hydrogen) atoms. The summed E-state index contributed by atoms with van der Waals surface area (Å²) < 4.78 is 10.7. The number of furan rings is 1. The van der Waals surface area contributed by atoms with Crippen LogP contribution in [0.4, 0.5) is 5.82 Å². The lowest BCUT2D eigenvalue weighted by Gasteiger charge is -2.05. The van der Waals surface area contributed by atoms with E-state index in [0.29, 0.717) is 12.4 Å². The largest absolute Gasteiger partial charge is 0.496 e. The van der Waals surface area contributed by atoms with Gasteiger partial charge in [0.2, 0.25) is 0 Å². The fraction of sp³-hybridized carbons (Fsp3) is 0.176. The van der Waals surface area contributed by atoms with Crippen LogP contribution in [0, 0.1) is 0 Å². The van der Waals surface area contributed by atoms with Crippen LogP contribution in [-0.4, -0.2) is 28.7 Å². The molecule has 2 aromatic heterocycles. The third-order valence-corrected chi connectivity index (χ3v) is 3.98. The SMILES string of the molecule is COc1ccccc1-c1cc(NC(=NCc2ccco2)SC)n[nH]1. The van der Waals surface area contributed by atoms with Crippen LogP contribution in [0.15, 0.2) is 58.1 Å². The number of methoxy groups -OCH3 is 1.